The molecule has 0 saturated carbocycles. The Labute approximate surface area is 78.1 Å². The maximum Gasteiger partial charge on any atom is 0.160 e. The van der Waals surface area contributed by atoms with E-state index in [1.165, 1.54) is 7.11 Å². The summed E-state index contributed by atoms with van der Waals surface area (Å²) < 4.78 is 4.92. The van der Waals surface area contributed by atoms with Crippen molar-refractivity contribution in [3.05, 3.63) is 23.8 Å². The second kappa shape index (κ2) is 4.14. The molecular weight excluding hydrogens is 166 g/mol. The molecule has 0 amide bonds. The zero-order valence-corrected chi connectivity index (χ0v) is 7.95. The smallest absolute Gasteiger partial charge is 0.160 e. The lowest BCUT2D eigenvalue weighted by Crippen LogP contribution is -2.08. The number of aromatic hydroxyl groups is 1. The molecule has 1 unspecified atom stereocenters. The normalized spacial score (nSPS) is 12.5. The molecule has 72 valence electrons. The first kappa shape index (κ1) is 9.86. The fraction of sp³-hybridized carbons (Fsp3) is 0.400. The van der Waals surface area contributed by atoms with Gasteiger partial charge in [0.05, 0.1) is 7.11 Å². The van der Waals surface area contributed by atoms with Gasteiger partial charge in [0.1, 0.15) is 0 Å². The highest BCUT2D eigenvalue weighted by Crippen LogP contribution is 2.28. The van der Waals surface area contributed by atoms with E-state index in [2.05, 4.69) is 0 Å². The van der Waals surface area contributed by atoms with Crippen LogP contribution in [0.1, 0.15) is 24.9 Å². The van der Waals surface area contributed by atoms with E-state index in [0.29, 0.717) is 5.75 Å². The Morgan fingerprint density at radius 3 is 2.69 bits per heavy atom. The molecule has 0 aliphatic heterocycles. The van der Waals surface area contributed by atoms with E-state index in [-0.39, 0.29) is 11.8 Å². The maximum atomic E-state index is 9.46. The van der Waals surface area contributed by atoms with Crippen molar-refractivity contribution in [2.75, 3.05) is 7.11 Å². The molecule has 3 nitrogen and oxygen atoms in total. The molecule has 0 radical (unpaired) electrons. The molecule has 0 aromatic heterocycles. The van der Waals surface area contributed by atoms with Gasteiger partial charge in [0.2, 0.25) is 0 Å². The Bertz CT molecular complexity index is 286. The van der Waals surface area contributed by atoms with Gasteiger partial charge >= 0.3 is 0 Å². The van der Waals surface area contributed by atoms with Crippen molar-refractivity contribution in [3.63, 3.8) is 0 Å². The number of benzene rings is 1. The van der Waals surface area contributed by atoms with Crippen LogP contribution in [-0.2, 0) is 0 Å². The molecule has 0 heterocycles. The topological polar surface area (TPSA) is 55.5 Å². The third-order valence-corrected chi connectivity index (χ3v) is 2.07. The van der Waals surface area contributed by atoms with Crippen LogP contribution < -0.4 is 10.5 Å². The number of ether oxygens (including phenoxy) is 1. The highest BCUT2D eigenvalue weighted by molar-refractivity contribution is 5.42. The molecule has 0 fully saturated rings. The summed E-state index contributed by atoms with van der Waals surface area (Å²) in [7, 11) is 1.52. The number of methoxy groups -OCH3 is 1. The van der Waals surface area contributed by atoms with Gasteiger partial charge in [-0.15, -0.1) is 0 Å². The largest absolute Gasteiger partial charge is 0.504 e. The quantitative estimate of drug-likeness (QED) is 0.747. The summed E-state index contributed by atoms with van der Waals surface area (Å²) in [5, 5.41) is 9.46. The van der Waals surface area contributed by atoms with E-state index in [4.69, 9.17) is 10.5 Å². The number of hydrogen-bond donors (Lipinski definition) is 2. The van der Waals surface area contributed by atoms with Gasteiger partial charge in [0, 0.05) is 6.04 Å². The average molecular weight is 181 g/mol. The third-order valence-electron chi connectivity index (χ3n) is 2.07. The zero-order valence-electron chi connectivity index (χ0n) is 7.95. The van der Waals surface area contributed by atoms with Gasteiger partial charge in [0.15, 0.2) is 11.5 Å². The molecule has 3 heteroatoms. The van der Waals surface area contributed by atoms with Crippen molar-refractivity contribution in [1.82, 2.24) is 0 Å². The van der Waals surface area contributed by atoms with Crippen molar-refractivity contribution in [1.29, 1.82) is 0 Å². The van der Waals surface area contributed by atoms with Crippen molar-refractivity contribution < 1.29 is 9.84 Å². The lowest BCUT2D eigenvalue weighted by atomic mass is 10.1. The molecule has 1 atom stereocenters. The fourth-order valence-corrected chi connectivity index (χ4v) is 1.17. The van der Waals surface area contributed by atoms with Crippen LogP contribution in [0.4, 0.5) is 0 Å². The first-order chi connectivity index (χ1) is 6.19. The van der Waals surface area contributed by atoms with Crippen molar-refractivity contribution in [3.8, 4) is 11.5 Å². The summed E-state index contributed by atoms with van der Waals surface area (Å²) in [6, 6.07) is 5.22. The Kier molecular flexibility index (Phi) is 3.14. The van der Waals surface area contributed by atoms with E-state index in [9.17, 15) is 5.11 Å². The van der Waals surface area contributed by atoms with E-state index in [0.717, 1.165) is 12.0 Å². The van der Waals surface area contributed by atoms with E-state index < -0.39 is 0 Å². The van der Waals surface area contributed by atoms with Gasteiger partial charge in [-0.05, 0) is 24.1 Å². The molecule has 13 heavy (non-hydrogen) atoms. The summed E-state index contributed by atoms with van der Waals surface area (Å²) in [5.41, 5.74) is 6.73. The molecule has 3 N–H and O–H groups in total. The molecule has 1 rings (SSSR count). The summed E-state index contributed by atoms with van der Waals surface area (Å²) in [6.45, 7) is 2.01. The summed E-state index contributed by atoms with van der Waals surface area (Å²) in [6.07, 6.45) is 0.853. The van der Waals surface area contributed by atoms with Gasteiger partial charge in [-0.1, -0.05) is 13.0 Å². The number of phenols is 1. The van der Waals surface area contributed by atoms with Crippen LogP contribution >= 0.6 is 0 Å². The first-order valence-electron chi connectivity index (χ1n) is 4.31. The van der Waals surface area contributed by atoms with Gasteiger partial charge in [-0.3, -0.25) is 0 Å². The SMILES string of the molecule is CCC(N)c1ccc(OC)c(O)c1. The maximum absolute atomic E-state index is 9.46. The molecular formula is C10H15NO2. The number of rotatable bonds is 3. The minimum Gasteiger partial charge on any atom is -0.504 e. The summed E-state index contributed by atoms with van der Waals surface area (Å²) in [5.74, 6) is 0.621. The molecule has 0 saturated heterocycles. The van der Waals surface area contributed by atoms with Crippen molar-refractivity contribution in [2.24, 2.45) is 5.73 Å². The summed E-state index contributed by atoms with van der Waals surface area (Å²) in [4.78, 5) is 0. The first-order valence-corrected chi connectivity index (χ1v) is 4.31. The lowest BCUT2D eigenvalue weighted by molar-refractivity contribution is 0.372. The second-order valence-corrected chi connectivity index (χ2v) is 2.95. The van der Waals surface area contributed by atoms with Crippen molar-refractivity contribution in [2.45, 2.75) is 19.4 Å². The predicted molar refractivity (Wildman–Crippen MR) is 51.9 cm³/mol. The van der Waals surface area contributed by atoms with Crippen LogP contribution in [0.2, 0.25) is 0 Å². The van der Waals surface area contributed by atoms with Crippen LogP contribution in [0.5, 0.6) is 11.5 Å². The predicted octanol–water partition coefficient (Wildman–Crippen LogP) is 1.81. The van der Waals surface area contributed by atoms with Gasteiger partial charge in [-0.25, -0.2) is 0 Å². The van der Waals surface area contributed by atoms with Crippen LogP contribution in [0.25, 0.3) is 0 Å². The van der Waals surface area contributed by atoms with E-state index in [1.807, 2.05) is 13.0 Å². The average Bonchev–Trinajstić information content (AvgIpc) is 2.16. The van der Waals surface area contributed by atoms with Crippen LogP contribution in [-0.4, -0.2) is 12.2 Å². The highest BCUT2D eigenvalue weighted by atomic mass is 16.5. The Morgan fingerprint density at radius 2 is 2.23 bits per heavy atom. The number of nitrogens with two attached hydrogens (primary N) is 1. The minimum atomic E-state index is -0.0168. The molecule has 0 bridgehead atoms. The minimum absolute atomic E-state index is 0.0168. The Hall–Kier alpha value is -1.22. The van der Waals surface area contributed by atoms with Crippen LogP contribution in [0, 0.1) is 0 Å². The standard InChI is InChI=1S/C10H15NO2/c1-3-8(11)7-4-5-10(13-2)9(12)6-7/h4-6,8,12H,3,11H2,1-2H3. The number of hydrogen-bond acceptors (Lipinski definition) is 3. The van der Waals surface area contributed by atoms with Crippen LogP contribution in [0.15, 0.2) is 18.2 Å². The molecule has 1 aromatic rings. The molecule has 0 spiro atoms. The monoisotopic (exact) mass is 181 g/mol. The van der Waals surface area contributed by atoms with Gasteiger partial charge in [0.25, 0.3) is 0 Å². The fourth-order valence-electron chi connectivity index (χ4n) is 1.17. The van der Waals surface area contributed by atoms with Gasteiger partial charge < -0.3 is 15.6 Å². The molecule has 0 aliphatic carbocycles. The third kappa shape index (κ3) is 2.12. The Balaban J connectivity index is 2.95. The molecule has 1 aromatic carbocycles. The second-order valence-electron chi connectivity index (χ2n) is 2.95. The molecule has 0 aliphatic rings. The van der Waals surface area contributed by atoms with E-state index in [1.54, 1.807) is 12.1 Å². The lowest BCUT2D eigenvalue weighted by Gasteiger charge is -2.10. The Morgan fingerprint density at radius 1 is 1.54 bits per heavy atom. The highest BCUT2D eigenvalue weighted by Gasteiger charge is 2.06. The van der Waals surface area contributed by atoms with Gasteiger partial charge in [-0.2, -0.15) is 0 Å². The zero-order chi connectivity index (χ0) is 9.84. The van der Waals surface area contributed by atoms with Crippen LogP contribution in [0.3, 0.4) is 0 Å². The number of phenolic OH excluding ortho intramolecular Hbond substituents is 1. The summed E-state index contributed by atoms with van der Waals surface area (Å²) >= 11 is 0. The van der Waals surface area contributed by atoms with E-state index >= 15 is 0 Å². The van der Waals surface area contributed by atoms with Crippen molar-refractivity contribution >= 4 is 0 Å².